The van der Waals surface area contributed by atoms with Gasteiger partial charge in [0.2, 0.25) is 0 Å². The number of pyridine rings is 1. The molecular formula is C20H22N4S. The molecule has 0 spiro atoms. The second kappa shape index (κ2) is 5.44. The maximum Gasteiger partial charge on any atom is 0.143 e. The van der Waals surface area contributed by atoms with Crippen molar-refractivity contribution in [1.29, 1.82) is 0 Å². The van der Waals surface area contributed by atoms with Crippen molar-refractivity contribution in [2.24, 2.45) is 0 Å². The summed E-state index contributed by atoms with van der Waals surface area (Å²) >= 11 is 1.78. The molecule has 5 heteroatoms. The monoisotopic (exact) mass is 350 g/mol. The van der Waals surface area contributed by atoms with Gasteiger partial charge in [-0.2, -0.15) is 0 Å². The van der Waals surface area contributed by atoms with E-state index in [-0.39, 0.29) is 0 Å². The van der Waals surface area contributed by atoms with Crippen LogP contribution in [0.4, 0.5) is 5.82 Å². The van der Waals surface area contributed by atoms with E-state index in [1.807, 2.05) is 0 Å². The van der Waals surface area contributed by atoms with Gasteiger partial charge >= 0.3 is 0 Å². The summed E-state index contributed by atoms with van der Waals surface area (Å²) in [6, 6.07) is 9.82. The van der Waals surface area contributed by atoms with Gasteiger partial charge in [-0.25, -0.2) is 4.98 Å². The average molecular weight is 350 g/mol. The summed E-state index contributed by atoms with van der Waals surface area (Å²) in [7, 11) is 0. The number of hydrogen-bond donors (Lipinski definition) is 1. The van der Waals surface area contributed by atoms with Crippen molar-refractivity contribution in [2.75, 3.05) is 18.0 Å². The molecular weight excluding hydrogens is 328 g/mol. The third-order valence-corrected chi connectivity index (χ3v) is 6.08. The molecule has 0 radical (unpaired) electrons. The fourth-order valence-electron chi connectivity index (χ4n) is 4.22. The topological polar surface area (TPSA) is 33.1 Å². The number of nitrogens with one attached hydrogen (secondary N) is 1. The number of hydrogen-bond acceptors (Lipinski definition) is 4. The molecule has 128 valence electrons. The molecule has 0 saturated carbocycles. The zero-order valence-corrected chi connectivity index (χ0v) is 15.4. The number of fused-ring (bicyclic) bond motifs is 5. The molecule has 4 nitrogen and oxygen atoms in total. The van der Waals surface area contributed by atoms with E-state index in [2.05, 4.69) is 64.9 Å². The fourth-order valence-corrected chi connectivity index (χ4v) is 5.03. The van der Waals surface area contributed by atoms with E-state index < -0.39 is 0 Å². The van der Waals surface area contributed by atoms with Gasteiger partial charge in [-0.05, 0) is 43.0 Å². The van der Waals surface area contributed by atoms with Crippen molar-refractivity contribution < 1.29 is 0 Å². The third-order valence-electron chi connectivity index (χ3n) is 5.22. The van der Waals surface area contributed by atoms with Crippen molar-refractivity contribution in [3.63, 3.8) is 0 Å². The Bertz CT molecular complexity index is 973. The van der Waals surface area contributed by atoms with Crippen molar-refractivity contribution in [2.45, 2.75) is 32.4 Å². The van der Waals surface area contributed by atoms with Crippen LogP contribution >= 0.6 is 11.3 Å². The second-order valence-electron chi connectivity index (χ2n) is 7.34. The number of thiophene rings is 1. The Kier molecular flexibility index (Phi) is 3.30. The first-order chi connectivity index (χ1) is 12.1. The quantitative estimate of drug-likeness (QED) is 0.724. The molecule has 0 bridgehead atoms. The molecule has 3 aromatic heterocycles. The summed E-state index contributed by atoms with van der Waals surface area (Å²) in [5, 5.41) is 5.75. The molecule has 1 saturated heterocycles. The number of allylic oxidation sites excluding steroid dienone is 1. The zero-order valence-electron chi connectivity index (χ0n) is 14.6. The molecule has 3 aromatic rings. The lowest BCUT2D eigenvalue weighted by Gasteiger charge is -2.37. The van der Waals surface area contributed by atoms with Crippen molar-refractivity contribution in [3.05, 3.63) is 47.5 Å². The van der Waals surface area contributed by atoms with Crippen LogP contribution in [0.15, 0.2) is 36.2 Å². The van der Waals surface area contributed by atoms with Gasteiger partial charge < -0.3 is 10.2 Å². The van der Waals surface area contributed by atoms with Gasteiger partial charge in [0.15, 0.2) is 0 Å². The van der Waals surface area contributed by atoms with Gasteiger partial charge in [-0.15, -0.1) is 11.3 Å². The first-order valence-electron chi connectivity index (χ1n) is 8.88. The first kappa shape index (κ1) is 15.2. The zero-order chi connectivity index (χ0) is 17.1. The van der Waals surface area contributed by atoms with Crippen LogP contribution in [0.1, 0.15) is 25.1 Å². The minimum Gasteiger partial charge on any atom is -0.353 e. The Morgan fingerprint density at radius 1 is 1.20 bits per heavy atom. The normalized spacial score (nSPS) is 23.0. The van der Waals surface area contributed by atoms with Crippen molar-refractivity contribution >= 4 is 32.9 Å². The lowest BCUT2D eigenvalue weighted by atomic mass is 10.0. The number of aromatic nitrogens is 2. The Hall–Kier alpha value is -2.11. The molecule has 0 unspecified atom stereocenters. The minimum atomic E-state index is 0.479. The SMILES string of the molecule is C=C1Cc2ccc(N3C[C@@H](C)N[C@@H](C)C3)nc2-n2c1cc1sccc12. The number of anilines is 1. The van der Waals surface area contributed by atoms with Crippen LogP contribution < -0.4 is 10.2 Å². The maximum absolute atomic E-state index is 5.11. The van der Waals surface area contributed by atoms with E-state index in [4.69, 9.17) is 4.98 Å². The van der Waals surface area contributed by atoms with Crippen molar-refractivity contribution in [1.82, 2.24) is 14.9 Å². The largest absolute Gasteiger partial charge is 0.353 e. The van der Waals surface area contributed by atoms with E-state index >= 15 is 0 Å². The van der Waals surface area contributed by atoms with E-state index in [1.165, 1.54) is 27.0 Å². The molecule has 2 aliphatic heterocycles. The standard InChI is InChI=1S/C20H22N4S/c1-12-8-15-4-5-19(23-10-13(2)21-14(3)11-23)22-20(15)24-16-6-7-25-18(16)9-17(12)24/h4-7,9,13-14,21H,1,8,10-11H2,2-3H3/t13-,14+. The highest BCUT2D eigenvalue weighted by Crippen LogP contribution is 2.38. The van der Waals surface area contributed by atoms with E-state index in [9.17, 15) is 0 Å². The minimum absolute atomic E-state index is 0.479. The van der Waals surface area contributed by atoms with Crippen LogP contribution in [0.25, 0.3) is 21.6 Å². The van der Waals surface area contributed by atoms with Gasteiger partial charge in [0.25, 0.3) is 0 Å². The molecule has 2 atom stereocenters. The summed E-state index contributed by atoms with van der Waals surface area (Å²) in [5.41, 5.74) is 4.89. The van der Waals surface area contributed by atoms with E-state index in [0.29, 0.717) is 12.1 Å². The van der Waals surface area contributed by atoms with Crippen LogP contribution in [-0.4, -0.2) is 34.7 Å². The van der Waals surface area contributed by atoms with Crippen LogP contribution in [-0.2, 0) is 6.42 Å². The highest BCUT2D eigenvalue weighted by atomic mass is 32.1. The molecule has 5 rings (SSSR count). The first-order valence-corrected chi connectivity index (χ1v) is 9.76. The van der Waals surface area contributed by atoms with E-state index in [1.54, 1.807) is 11.3 Å². The van der Waals surface area contributed by atoms with Crippen LogP contribution in [0, 0.1) is 0 Å². The van der Waals surface area contributed by atoms with Crippen molar-refractivity contribution in [3.8, 4) is 5.82 Å². The molecule has 0 aromatic carbocycles. The van der Waals surface area contributed by atoms with Gasteiger partial charge in [-0.1, -0.05) is 12.6 Å². The molecule has 2 aliphatic rings. The highest BCUT2D eigenvalue weighted by Gasteiger charge is 2.26. The summed E-state index contributed by atoms with van der Waals surface area (Å²) in [6.07, 6.45) is 0.883. The van der Waals surface area contributed by atoms with E-state index in [0.717, 1.165) is 31.1 Å². The predicted octanol–water partition coefficient (Wildman–Crippen LogP) is 3.84. The maximum atomic E-state index is 5.11. The van der Waals surface area contributed by atoms with Crippen LogP contribution in [0.3, 0.4) is 0 Å². The average Bonchev–Trinajstić information content (AvgIpc) is 3.15. The Balaban J connectivity index is 1.64. The molecule has 25 heavy (non-hydrogen) atoms. The smallest absolute Gasteiger partial charge is 0.143 e. The summed E-state index contributed by atoms with van der Waals surface area (Å²) in [5.74, 6) is 2.15. The Morgan fingerprint density at radius 3 is 2.80 bits per heavy atom. The molecule has 0 amide bonds. The fraction of sp³-hybridized carbons (Fsp3) is 0.350. The second-order valence-corrected chi connectivity index (χ2v) is 8.29. The number of rotatable bonds is 1. The molecule has 1 fully saturated rings. The lowest BCUT2D eigenvalue weighted by molar-refractivity contribution is 0.405. The van der Waals surface area contributed by atoms with Gasteiger partial charge in [-0.3, -0.25) is 4.57 Å². The predicted molar refractivity (Wildman–Crippen MR) is 106 cm³/mol. The Labute approximate surface area is 151 Å². The summed E-state index contributed by atoms with van der Waals surface area (Å²) in [4.78, 5) is 7.51. The summed E-state index contributed by atoms with van der Waals surface area (Å²) < 4.78 is 3.60. The lowest BCUT2D eigenvalue weighted by Crippen LogP contribution is -2.54. The van der Waals surface area contributed by atoms with Crippen LogP contribution in [0.2, 0.25) is 0 Å². The Morgan fingerprint density at radius 2 is 2.00 bits per heavy atom. The van der Waals surface area contributed by atoms with Gasteiger partial charge in [0.1, 0.15) is 11.6 Å². The van der Waals surface area contributed by atoms with Gasteiger partial charge in [0, 0.05) is 37.2 Å². The summed E-state index contributed by atoms with van der Waals surface area (Å²) in [6.45, 7) is 10.8. The molecule has 1 N–H and O–H groups in total. The third kappa shape index (κ3) is 2.34. The van der Waals surface area contributed by atoms with Crippen LogP contribution in [0.5, 0.6) is 0 Å². The molecule has 0 aliphatic carbocycles. The number of piperazine rings is 1. The highest BCUT2D eigenvalue weighted by molar-refractivity contribution is 7.17. The molecule has 5 heterocycles. The van der Waals surface area contributed by atoms with Gasteiger partial charge in [0.05, 0.1) is 15.9 Å². The number of nitrogens with zero attached hydrogens (tertiary/aromatic N) is 3.